The normalized spacial score (nSPS) is 12.3. The Labute approximate surface area is 168 Å². The number of primary amides is 1. The van der Waals surface area contributed by atoms with E-state index in [4.69, 9.17) is 26.8 Å². The van der Waals surface area contributed by atoms with Gasteiger partial charge in [-0.15, -0.1) is 0 Å². The number of carbonyl (C=O) groups is 1. The summed E-state index contributed by atoms with van der Waals surface area (Å²) in [5, 5.41) is 4.00. The Morgan fingerprint density at radius 2 is 2.00 bits per heavy atom. The molecule has 0 aliphatic heterocycles. The van der Waals surface area contributed by atoms with Crippen LogP contribution in [0.2, 0.25) is 5.15 Å². The van der Waals surface area contributed by atoms with Gasteiger partial charge in [-0.2, -0.15) is 10.1 Å². The number of benzene rings is 1. The third-order valence-corrected chi connectivity index (χ3v) is 4.35. The second kappa shape index (κ2) is 8.56. The van der Waals surface area contributed by atoms with Gasteiger partial charge in [-0.1, -0.05) is 23.7 Å². The minimum absolute atomic E-state index is 0.0212. The van der Waals surface area contributed by atoms with Crippen molar-refractivity contribution >= 4 is 28.4 Å². The lowest BCUT2D eigenvalue weighted by Crippen LogP contribution is -2.28. The molecule has 3 rings (SSSR count). The SMILES string of the molecule is COc1ccc(Cn2cc3c(OC(CF)C(F)F)nc(Cl)c(C(N)=O)c3n2)cc1. The molecule has 29 heavy (non-hydrogen) atoms. The molecule has 1 atom stereocenters. The molecule has 7 nitrogen and oxygen atoms in total. The number of carbonyl (C=O) groups excluding carboxylic acids is 1. The molecule has 0 bridgehead atoms. The number of methoxy groups -OCH3 is 1. The Bertz CT molecular complexity index is 1030. The maximum atomic E-state index is 12.9. The van der Waals surface area contributed by atoms with Crippen LogP contribution in [0, 0.1) is 0 Å². The number of hydrogen-bond acceptors (Lipinski definition) is 5. The highest BCUT2D eigenvalue weighted by molar-refractivity contribution is 6.34. The van der Waals surface area contributed by atoms with Crippen LogP contribution in [0.4, 0.5) is 13.2 Å². The van der Waals surface area contributed by atoms with E-state index in [9.17, 15) is 18.0 Å². The van der Waals surface area contributed by atoms with E-state index in [-0.39, 0.29) is 34.0 Å². The van der Waals surface area contributed by atoms with E-state index in [2.05, 4.69) is 10.1 Å². The van der Waals surface area contributed by atoms with Crippen molar-refractivity contribution in [2.75, 3.05) is 13.8 Å². The van der Waals surface area contributed by atoms with Crippen molar-refractivity contribution in [3.63, 3.8) is 0 Å². The number of rotatable bonds is 8. The highest BCUT2D eigenvalue weighted by Gasteiger charge is 2.27. The smallest absolute Gasteiger partial charge is 0.277 e. The number of ether oxygens (including phenoxy) is 2. The Kier molecular flexibility index (Phi) is 6.12. The molecular formula is C18H16ClF3N4O3. The lowest BCUT2D eigenvalue weighted by atomic mass is 10.2. The molecule has 2 heterocycles. The zero-order valence-corrected chi connectivity index (χ0v) is 15.9. The van der Waals surface area contributed by atoms with E-state index < -0.39 is 25.1 Å². The van der Waals surface area contributed by atoms with Crippen molar-refractivity contribution < 1.29 is 27.4 Å². The van der Waals surface area contributed by atoms with Crippen molar-refractivity contribution in [2.45, 2.75) is 19.1 Å². The van der Waals surface area contributed by atoms with E-state index in [1.54, 1.807) is 31.4 Å². The third-order valence-electron chi connectivity index (χ3n) is 4.08. The van der Waals surface area contributed by atoms with Crippen LogP contribution in [0.1, 0.15) is 15.9 Å². The molecule has 3 aromatic rings. The molecule has 0 radical (unpaired) electrons. The summed E-state index contributed by atoms with van der Waals surface area (Å²) in [6, 6.07) is 7.13. The molecule has 154 valence electrons. The number of nitrogens with zero attached hydrogens (tertiary/aromatic N) is 3. The standard InChI is InChI=1S/C18H16ClF3N4O3/c1-28-10-4-2-9(3-5-10)7-26-8-11-14(25-26)13(17(23)27)15(19)24-18(11)29-12(6-20)16(21)22/h2-5,8,12,16H,6-7H2,1H3,(H2,23,27). The predicted octanol–water partition coefficient (Wildman–Crippen LogP) is 3.22. The monoisotopic (exact) mass is 428 g/mol. The number of aromatic nitrogens is 3. The molecule has 1 aromatic carbocycles. The molecule has 2 aromatic heterocycles. The van der Waals surface area contributed by atoms with Crippen molar-refractivity contribution in [1.29, 1.82) is 0 Å². The van der Waals surface area contributed by atoms with Gasteiger partial charge in [0.25, 0.3) is 12.3 Å². The molecule has 0 saturated carbocycles. The molecule has 1 unspecified atom stereocenters. The number of nitrogens with two attached hydrogens (primary N) is 1. The van der Waals surface area contributed by atoms with Gasteiger partial charge in [-0.05, 0) is 17.7 Å². The van der Waals surface area contributed by atoms with Gasteiger partial charge in [0, 0.05) is 6.20 Å². The van der Waals surface area contributed by atoms with E-state index in [0.717, 1.165) is 5.56 Å². The van der Waals surface area contributed by atoms with E-state index >= 15 is 0 Å². The van der Waals surface area contributed by atoms with Gasteiger partial charge in [0.05, 0.1) is 19.0 Å². The van der Waals surface area contributed by atoms with Gasteiger partial charge in [0.15, 0.2) is 6.10 Å². The number of fused-ring (bicyclic) bond motifs is 1. The summed E-state index contributed by atoms with van der Waals surface area (Å²) in [5.74, 6) is -0.588. The zero-order valence-electron chi connectivity index (χ0n) is 15.1. The molecule has 0 aliphatic carbocycles. The molecule has 0 spiro atoms. The first-order valence-electron chi connectivity index (χ1n) is 8.34. The van der Waals surface area contributed by atoms with Gasteiger partial charge in [-0.25, -0.2) is 13.2 Å². The summed E-state index contributed by atoms with van der Waals surface area (Å²) in [6.07, 6.45) is -3.68. The fourth-order valence-electron chi connectivity index (χ4n) is 2.67. The van der Waals surface area contributed by atoms with Gasteiger partial charge < -0.3 is 15.2 Å². The molecule has 2 N–H and O–H groups in total. The minimum atomic E-state index is -3.08. The Hall–Kier alpha value is -3.01. The fraction of sp³-hybridized carbons (Fsp3) is 0.278. The van der Waals surface area contributed by atoms with Gasteiger partial charge in [0.2, 0.25) is 5.88 Å². The molecular weight excluding hydrogens is 413 g/mol. The van der Waals surface area contributed by atoms with Crippen molar-refractivity contribution in [1.82, 2.24) is 14.8 Å². The van der Waals surface area contributed by atoms with Crippen LogP contribution in [-0.4, -0.2) is 47.0 Å². The zero-order chi connectivity index (χ0) is 21.1. The van der Waals surface area contributed by atoms with Crippen LogP contribution in [0.15, 0.2) is 30.5 Å². The molecule has 0 saturated heterocycles. The Morgan fingerprint density at radius 1 is 1.31 bits per heavy atom. The highest BCUT2D eigenvalue weighted by atomic mass is 35.5. The van der Waals surface area contributed by atoms with Crippen LogP contribution in [0.3, 0.4) is 0 Å². The minimum Gasteiger partial charge on any atom is -0.497 e. The number of halogens is 4. The quantitative estimate of drug-likeness (QED) is 0.556. The molecule has 11 heteroatoms. The summed E-state index contributed by atoms with van der Waals surface area (Å²) in [4.78, 5) is 15.6. The highest BCUT2D eigenvalue weighted by Crippen LogP contribution is 2.32. The summed E-state index contributed by atoms with van der Waals surface area (Å²) in [7, 11) is 1.54. The molecule has 1 amide bonds. The first kappa shape index (κ1) is 20.7. The van der Waals surface area contributed by atoms with E-state index in [0.29, 0.717) is 5.75 Å². The maximum absolute atomic E-state index is 12.9. The number of pyridine rings is 1. The van der Waals surface area contributed by atoms with Crippen molar-refractivity contribution in [3.05, 3.63) is 46.7 Å². The van der Waals surface area contributed by atoms with Gasteiger partial charge >= 0.3 is 0 Å². The Morgan fingerprint density at radius 3 is 2.55 bits per heavy atom. The van der Waals surface area contributed by atoms with Crippen LogP contribution in [0.25, 0.3) is 10.9 Å². The summed E-state index contributed by atoms with van der Waals surface area (Å²) >= 11 is 5.98. The average Bonchev–Trinajstić information content (AvgIpc) is 3.09. The first-order valence-corrected chi connectivity index (χ1v) is 8.72. The second-order valence-corrected chi connectivity index (χ2v) is 6.39. The van der Waals surface area contributed by atoms with Crippen molar-refractivity contribution in [2.24, 2.45) is 5.73 Å². The van der Waals surface area contributed by atoms with Crippen LogP contribution < -0.4 is 15.2 Å². The average molecular weight is 429 g/mol. The second-order valence-electron chi connectivity index (χ2n) is 6.03. The van der Waals surface area contributed by atoms with Crippen LogP contribution in [0.5, 0.6) is 11.6 Å². The van der Waals surface area contributed by atoms with Crippen LogP contribution >= 0.6 is 11.6 Å². The number of hydrogen-bond donors (Lipinski definition) is 1. The molecule has 0 aliphatic rings. The summed E-state index contributed by atoms with van der Waals surface area (Å²) < 4.78 is 50.3. The predicted molar refractivity (Wildman–Crippen MR) is 99.5 cm³/mol. The van der Waals surface area contributed by atoms with E-state index in [1.807, 2.05) is 0 Å². The summed E-state index contributed by atoms with van der Waals surface area (Å²) in [6.45, 7) is -1.16. The first-order chi connectivity index (χ1) is 13.8. The number of amides is 1. The lowest BCUT2D eigenvalue weighted by molar-refractivity contribution is -0.00263. The largest absolute Gasteiger partial charge is 0.497 e. The van der Waals surface area contributed by atoms with E-state index in [1.165, 1.54) is 10.9 Å². The maximum Gasteiger partial charge on any atom is 0.277 e. The molecule has 0 fully saturated rings. The van der Waals surface area contributed by atoms with Crippen LogP contribution in [-0.2, 0) is 6.54 Å². The summed E-state index contributed by atoms with van der Waals surface area (Å²) in [5.41, 5.74) is 6.03. The topological polar surface area (TPSA) is 92.3 Å². The Balaban J connectivity index is 2.05. The van der Waals surface area contributed by atoms with Gasteiger partial charge in [0.1, 0.15) is 28.7 Å². The van der Waals surface area contributed by atoms with Crippen molar-refractivity contribution in [3.8, 4) is 11.6 Å². The number of alkyl halides is 3. The van der Waals surface area contributed by atoms with Gasteiger partial charge in [-0.3, -0.25) is 9.48 Å². The fourth-order valence-corrected chi connectivity index (χ4v) is 2.93. The third kappa shape index (κ3) is 4.37. The lowest BCUT2D eigenvalue weighted by Gasteiger charge is -2.15.